The van der Waals surface area contributed by atoms with E-state index in [1.165, 1.54) is 19.3 Å². The maximum absolute atomic E-state index is 8.43. The van der Waals surface area contributed by atoms with Crippen molar-refractivity contribution in [2.24, 2.45) is 5.92 Å². The number of hydrogen-bond donors (Lipinski definition) is 1. The molecular weight excluding hydrogens is 144 g/mol. The molecule has 0 radical (unpaired) electrons. The van der Waals surface area contributed by atoms with E-state index in [1.54, 1.807) is 0 Å². The van der Waals surface area contributed by atoms with E-state index in [1.807, 2.05) is 0 Å². The number of rotatable bonds is 5. The second-order valence-electron chi connectivity index (χ2n) is 2.97. The van der Waals surface area contributed by atoms with Gasteiger partial charge in [0.2, 0.25) is 0 Å². The van der Waals surface area contributed by atoms with Crippen LogP contribution in [-0.4, -0.2) is 11.7 Å². The normalized spacial score (nSPS) is 9.60. The molecule has 0 fully saturated rings. The van der Waals surface area contributed by atoms with E-state index < -0.39 is 0 Å². The Kier molecular flexibility index (Phi) is 12.0. The molecule has 0 aromatic heterocycles. The molecule has 0 saturated carbocycles. The summed E-state index contributed by atoms with van der Waals surface area (Å²) in [7, 11) is 0. The van der Waals surface area contributed by atoms with E-state index in [-0.39, 0.29) is 13.5 Å². The molecule has 0 rings (SSSR count). The van der Waals surface area contributed by atoms with Crippen LogP contribution >= 0.6 is 13.5 Å². The minimum Gasteiger partial charge on any atom is -0.396 e. The lowest BCUT2D eigenvalue weighted by Crippen LogP contribution is -1.88. The van der Waals surface area contributed by atoms with E-state index in [2.05, 4.69) is 13.8 Å². The fourth-order valence-corrected chi connectivity index (χ4v) is 0.841. The number of aliphatic hydroxyl groups is 1. The third-order valence-electron chi connectivity index (χ3n) is 1.44. The fraction of sp³-hybridized carbons (Fsp3) is 1.00. The maximum Gasteiger partial charge on any atom is 0.0431 e. The number of aliphatic hydroxyl groups excluding tert-OH is 1. The lowest BCUT2D eigenvalue weighted by atomic mass is 10.1. The molecule has 0 aliphatic heterocycles. The highest BCUT2D eigenvalue weighted by Gasteiger charge is 1.92. The summed E-state index contributed by atoms with van der Waals surface area (Å²) in [6.07, 6.45) is 4.75. The second kappa shape index (κ2) is 9.31. The largest absolute Gasteiger partial charge is 0.396 e. The van der Waals surface area contributed by atoms with Crippen molar-refractivity contribution in [3.05, 3.63) is 0 Å². The van der Waals surface area contributed by atoms with Gasteiger partial charge in [-0.05, 0) is 12.3 Å². The molecule has 1 nitrogen and oxygen atoms in total. The first-order chi connectivity index (χ1) is 4.27. The van der Waals surface area contributed by atoms with Crippen LogP contribution in [0.4, 0.5) is 0 Å². The van der Waals surface area contributed by atoms with Gasteiger partial charge in [0.15, 0.2) is 0 Å². The molecule has 0 aliphatic rings. The molecule has 0 spiro atoms. The Morgan fingerprint density at radius 3 is 2.10 bits per heavy atom. The van der Waals surface area contributed by atoms with Gasteiger partial charge in [0.1, 0.15) is 0 Å². The van der Waals surface area contributed by atoms with Gasteiger partial charge in [-0.3, -0.25) is 0 Å². The SMILES string of the molecule is CC(C)CCCCCO.S. The van der Waals surface area contributed by atoms with Gasteiger partial charge in [0, 0.05) is 6.61 Å². The van der Waals surface area contributed by atoms with Gasteiger partial charge in [0.25, 0.3) is 0 Å². The van der Waals surface area contributed by atoms with Crippen LogP contribution in [-0.2, 0) is 0 Å². The van der Waals surface area contributed by atoms with Crippen LogP contribution in [0.2, 0.25) is 0 Å². The topological polar surface area (TPSA) is 20.2 Å². The first kappa shape index (κ1) is 12.9. The van der Waals surface area contributed by atoms with E-state index in [0.717, 1.165) is 12.3 Å². The Morgan fingerprint density at radius 2 is 1.70 bits per heavy atom. The molecule has 0 aromatic carbocycles. The van der Waals surface area contributed by atoms with Crippen molar-refractivity contribution in [2.45, 2.75) is 39.5 Å². The third-order valence-corrected chi connectivity index (χ3v) is 1.44. The molecule has 0 bridgehead atoms. The average Bonchev–Trinajstić information content (AvgIpc) is 1.80. The van der Waals surface area contributed by atoms with Gasteiger partial charge in [-0.15, -0.1) is 0 Å². The fourth-order valence-electron chi connectivity index (χ4n) is 0.841. The Hall–Kier alpha value is 0.310. The third kappa shape index (κ3) is 11.2. The monoisotopic (exact) mass is 164 g/mol. The van der Waals surface area contributed by atoms with Crippen LogP contribution < -0.4 is 0 Å². The molecule has 1 N–H and O–H groups in total. The van der Waals surface area contributed by atoms with E-state index in [0.29, 0.717) is 6.61 Å². The van der Waals surface area contributed by atoms with Crippen LogP contribution in [0.25, 0.3) is 0 Å². The zero-order chi connectivity index (χ0) is 7.11. The summed E-state index contributed by atoms with van der Waals surface area (Å²) >= 11 is 0. The minimum absolute atomic E-state index is 0. The molecule has 0 unspecified atom stereocenters. The first-order valence-electron chi connectivity index (χ1n) is 3.88. The smallest absolute Gasteiger partial charge is 0.0431 e. The summed E-state index contributed by atoms with van der Waals surface area (Å²) in [4.78, 5) is 0. The molecule has 0 aliphatic carbocycles. The van der Waals surface area contributed by atoms with Gasteiger partial charge >= 0.3 is 0 Å². The van der Waals surface area contributed by atoms with Crippen molar-refractivity contribution in [1.82, 2.24) is 0 Å². The van der Waals surface area contributed by atoms with E-state index in [9.17, 15) is 0 Å². The molecule has 64 valence electrons. The summed E-state index contributed by atoms with van der Waals surface area (Å²) in [6, 6.07) is 0. The van der Waals surface area contributed by atoms with Crippen LogP contribution in [0.1, 0.15) is 39.5 Å². The summed E-state index contributed by atoms with van der Waals surface area (Å²) < 4.78 is 0. The lowest BCUT2D eigenvalue weighted by Gasteiger charge is -2.01. The standard InChI is InChI=1S/C8H18O.H2S/c1-8(2)6-4-3-5-7-9;/h8-9H,3-7H2,1-2H3;1H2. The van der Waals surface area contributed by atoms with Crippen molar-refractivity contribution in [3.8, 4) is 0 Å². The van der Waals surface area contributed by atoms with Crippen LogP contribution in [0.15, 0.2) is 0 Å². The molecule has 0 atom stereocenters. The quantitative estimate of drug-likeness (QED) is 0.618. The zero-order valence-electron chi connectivity index (χ0n) is 7.06. The minimum atomic E-state index is 0. The molecule has 0 aromatic rings. The van der Waals surface area contributed by atoms with Crippen LogP contribution in [0.5, 0.6) is 0 Å². The van der Waals surface area contributed by atoms with E-state index >= 15 is 0 Å². The summed E-state index contributed by atoms with van der Waals surface area (Å²) in [5.41, 5.74) is 0. The number of hydrogen-bond acceptors (Lipinski definition) is 1. The first-order valence-corrected chi connectivity index (χ1v) is 3.88. The average molecular weight is 164 g/mol. The summed E-state index contributed by atoms with van der Waals surface area (Å²) in [6.45, 7) is 4.83. The molecule has 0 amide bonds. The lowest BCUT2D eigenvalue weighted by molar-refractivity contribution is 0.281. The van der Waals surface area contributed by atoms with Gasteiger partial charge in [-0.25, -0.2) is 0 Å². The molecule has 0 saturated heterocycles. The predicted molar refractivity (Wildman–Crippen MR) is 50.8 cm³/mol. The van der Waals surface area contributed by atoms with Crippen molar-refractivity contribution in [1.29, 1.82) is 0 Å². The molecule has 2 heteroatoms. The zero-order valence-corrected chi connectivity index (χ0v) is 8.06. The Morgan fingerprint density at radius 1 is 1.10 bits per heavy atom. The predicted octanol–water partition coefficient (Wildman–Crippen LogP) is 2.31. The van der Waals surface area contributed by atoms with Crippen molar-refractivity contribution < 1.29 is 5.11 Å². The van der Waals surface area contributed by atoms with Gasteiger partial charge in [0.05, 0.1) is 0 Å². The van der Waals surface area contributed by atoms with Crippen LogP contribution in [0.3, 0.4) is 0 Å². The van der Waals surface area contributed by atoms with Crippen molar-refractivity contribution in [3.63, 3.8) is 0 Å². The van der Waals surface area contributed by atoms with Crippen molar-refractivity contribution in [2.75, 3.05) is 6.61 Å². The maximum atomic E-state index is 8.43. The molecule has 0 heterocycles. The molecule has 10 heavy (non-hydrogen) atoms. The van der Waals surface area contributed by atoms with E-state index in [4.69, 9.17) is 5.11 Å². The Bertz CT molecular complexity index is 55.2. The highest BCUT2D eigenvalue weighted by Crippen LogP contribution is 2.06. The Balaban J connectivity index is 0. The van der Waals surface area contributed by atoms with Crippen LogP contribution in [0, 0.1) is 5.92 Å². The molecular formula is C8H20OS. The van der Waals surface area contributed by atoms with Gasteiger partial charge < -0.3 is 5.11 Å². The van der Waals surface area contributed by atoms with Gasteiger partial charge in [-0.2, -0.15) is 13.5 Å². The number of unbranched alkanes of at least 4 members (excludes halogenated alkanes) is 2. The summed E-state index contributed by atoms with van der Waals surface area (Å²) in [5.74, 6) is 0.823. The van der Waals surface area contributed by atoms with Crippen molar-refractivity contribution >= 4 is 13.5 Å². The highest BCUT2D eigenvalue weighted by atomic mass is 32.1. The van der Waals surface area contributed by atoms with Gasteiger partial charge in [-0.1, -0.05) is 33.1 Å². The highest BCUT2D eigenvalue weighted by molar-refractivity contribution is 7.59. The Labute approximate surface area is 71.3 Å². The summed E-state index contributed by atoms with van der Waals surface area (Å²) in [5, 5.41) is 8.43. The second-order valence-corrected chi connectivity index (χ2v) is 2.97.